The van der Waals surface area contributed by atoms with Gasteiger partial charge in [0.15, 0.2) is 17.3 Å². The second-order valence-corrected chi connectivity index (χ2v) is 7.51. The largest absolute Gasteiger partial charge is 0.497 e. The highest BCUT2D eigenvalue weighted by Gasteiger charge is 2.37. The van der Waals surface area contributed by atoms with Gasteiger partial charge in [0.2, 0.25) is 0 Å². The number of hydrogen-bond acceptors (Lipinski definition) is 6. The molecule has 0 fully saturated rings. The zero-order valence-corrected chi connectivity index (χ0v) is 17.0. The first-order chi connectivity index (χ1) is 15.2. The van der Waals surface area contributed by atoms with Crippen molar-refractivity contribution in [3.05, 3.63) is 81.8 Å². The number of anilines is 1. The number of H-pyrrole nitrogens is 1. The Bertz CT molecular complexity index is 1250. The molecule has 0 saturated carbocycles. The van der Waals surface area contributed by atoms with Gasteiger partial charge in [-0.05, 0) is 42.7 Å². The molecule has 3 aromatic rings. The minimum Gasteiger partial charge on any atom is -0.497 e. The van der Waals surface area contributed by atoms with Gasteiger partial charge in [0.05, 0.1) is 12.8 Å². The molecule has 156 valence electrons. The monoisotopic (exact) mass is 415 g/mol. The van der Waals surface area contributed by atoms with Crippen LogP contribution in [0.3, 0.4) is 0 Å². The molecule has 0 spiro atoms. The van der Waals surface area contributed by atoms with Crippen LogP contribution in [0.1, 0.15) is 30.9 Å². The Hall–Kier alpha value is -3.94. The number of carbonyl (C=O) groups excluding carboxylic acids is 1. The molecule has 31 heavy (non-hydrogen) atoms. The van der Waals surface area contributed by atoms with E-state index >= 15 is 0 Å². The lowest BCUT2D eigenvalue weighted by Gasteiger charge is -2.33. The molecule has 2 heterocycles. The molecule has 2 aliphatic rings. The molecule has 2 aromatic carbocycles. The lowest BCUT2D eigenvalue weighted by molar-refractivity contribution is -0.116. The van der Waals surface area contributed by atoms with Gasteiger partial charge in [-0.15, -0.1) is 5.11 Å². The minimum atomic E-state index is -0.446. The fraction of sp³-hybridized carbons (Fsp3) is 0.217. The highest BCUT2D eigenvalue weighted by atomic mass is 16.5. The Labute approximate surface area is 178 Å². The van der Waals surface area contributed by atoms with Gasteiger partial charge in [0.25, 0.3) is 5.56 Å². The molecular weight excluding hydrogens is 394 g/mol. The molecule has 1 atom stereocenters. The fourth-order valence-corrected chi connectivity index (χ4v) is 4.13. The predicted molar refractivity (Wildman–Crippen MR) is 116 cm³/mol. The van der Waals surface area contributed by atoms with Crippen LogP contribution >= 0.6 is 0 Å². The van der Waals surface area contributed by atoms with Crippen molar-refractivity contribution >= 4 is 23.0 Å². The van der Waals surface area contributed by atoms with Gasteiger partial charge < -0.3 is 10.1 Å². The number of ketones is 1. The Morgan fingerprint density at radius 3 is 2.52 bits per heavy atom. The summed E-state index contributed by atoms with van der Waals surface area (Å²) in [5.74, 6) is 1.32. The lowest BCUT2D eigenvalue weighted by Crippen LogP contribution is -2.31. The van der Waals surface area contributed by atoms with Crippen LogP contribution in [0.25, 0.3) is 0 Å². The van der Waals surface area contributed by atoms with Gasteiger partial charge >= 0.3 is 0 Å². The average Bonchev–Trinajstić information content (AvgIpc) is 3.12. The fourth-order valence-electron chi connectivity index (χ4n) is 4.13. The topological polar surface area (TPSA) is 101 Å². The second-order valence-electron chi connectivity index (χ2n) is 7.51. The summed E-state index contributed by atoms with van der Waals surface area (Å²) >= 11 is 0. The zero-order chi connectivity index (χ0) is 21.4. The maximum Gasteiger partial charge on any atom is 0.294 e. The number of carbonyl (C=O) groups is 1. The average molecular weight is 415 g/mol. The first-order valence-corrected chi connectivity index (χ1v) is 10.1. The molecule has 8 heteroatoms. The Morgan fingerprint density at radius 2 is 1.77 bits per heavy atom. The normalized spacial score (nSPS) is 18.0. The van der Waals surface area contributed by atoms with Crippen molar-refractivity contribution in [2.75, 3.05) is 12.4 Å². The number of aromatic amines is 1. The van der Waals surface area contributed by atoms with E-state index < -0.39 is 6.04 Å². The first-order valence-electron chi connectivity index (χ1n) is 10.1. The molecule has 0 saturated heterocycles. The molecule has 1 aromatic heterocycles. The van der Waals surface area contributed by atoms with Crippen LogP contribution in [-0.2, 0) is 4.79 Å². The third-order valence-electron chi connectivity index (χ3n) is 5.61. The van der Waals surface area contributed by atoms with Crippen molar-refractivity contribution in [3.8, 4) is 5.75 Å². The zero-order valence-electron chi connectivity index (χ0n) is 17.0. The van der Waals surface area contributed by atoms with Crippen LogP contribution in [0.5, 0.6) is 5.75 Å². The van der Waals surface area contributed by atoms with Crippen molar-refractivity contribution in [1.82, 2.24) is 9.78 Å². The van der Waals surface area contributed by atoms with Crippen molar-refractivity contribution in [1.29, 1.82) is 0 Å². The number of rotatable bonds is 4. The van der Waals surface area contributed by atoms with E-state index in [4.69, 9.17) is 4.74 Å². The molecule has 0 bridgehead atoms. The Morgan fingerprint density at radius 1 is 1.00 bits per heavy atom. The SMILES string of the molecule is COc1ccc(C2C3=C(CCCC3=O)Nc3c(N=Nc4ccccc4)c(=O)[nH]n32)cc1. The van der Waals surface area contributed by atoms with Crippen LogP contribution in [0.2, 0.25) is 0 Å². The lowest BCUT2D eigenvalue weighted by atomic mass is 9.85. The molecular formula is C23H21N5O3. The van der Waals surface area contributed by atoms with Crippen LogP contribution in [0.15, 0.2) is 80.9 Å². The highest BCUT2D eigenvalue weighted by Crippen LogP contribution is 2.42. The molecule has 1 unspecified atom stereocenters. The molecule has 0 amide bonds. The van der Waals surface area contributed by atoms with E-state index in [1.807, 2.05) is 54.6 Å². The van der Waals surface area contributed by atoms with E-state index in [1.54, 1.807) is 11.8 Å². The standard InChI is InChI=1S/C23H21N5O3/c1-31-16-12-10-14(11-13-16)21-19-17(8-5-9-18(19)29)24-22-20(23(30)27-28(21)22)26-25-15-6-3-2-4-7-15/h2-4,6-7,10-13,21,24H,5,8-9H2,1H3,(H,27,30). The summed E-state index contributed by atoms with van der Waals surface area (Å²) in [6.07, 6.45) is 2.01. The summed E-state index contributed by atoms with van der Waals surface area (Å²) in [7, 11) is 1.61. The quantitative estimate of drug-likeness (QED) is 0.607. The first kappa shape index (κ1) is 19.0. The number of benzene rings is 2. The number of aromatic nitrogens is 2. The van der Waals surface area contributed by atoms with Gasteiger partial charge in [0.1, 0.15) is 11.8 Å². The van der Waals surface area contributed by atoms with Gasteiger partial charge in [0, 0.05) is 17.7 Å². The molecule has 8 nitrogen and oxygen atoms in total. The van der Waals surface area contributed by atoms with Crippen LogP contribution in [0.4, 0.5) is 17.2 Å². The Balaban J connectivity index is 1.64. The minimum absolute atomic E-state index is 0.0854. The van der Waals surface area contributed by atoms with E-state index in [-0.39, 0.29) is 17.0 Å². The maximum absolute atomic E-state index is 12.9. The molecule has 5 rings (SSSR count). The summed E-state index contributed by atoms with van der Waals surface area (Å²) in [5.41, 5.74) is 2.87. The summed E-state index contributed by atoms with van der Waals surface area (Å²) in [6.45, 7) is 0. The van der Waals surface area contributed by atoms with E-state index in [1.165, 1.54) is 0 Å². The number of nitrogens with one attached hydrogen (secondary N) is 2. The second kappa shape index (κ2) is 7.71. The predicted octanol–water partition coefficient (Wildman–Crippen LogP) is 4.62. The third-order valence-corrected chi connectivity index (χ3v) is 5.61. The van der Waals surface area contributed by atoms with Crippen LogP contribution < -0.4 is 15.6 Å². The number of ether oxygens (including phenoxy) is 1. The van der Waals surface area contributed by atoms with Gasteiger partial charge in [-0.25, -0.2) is 0 Å². The number of methoxy groups -OCH3 is 1. The summed E-state index contributed by atoms with van der Waals surface area (Å²) in [6, 6.07) is 16.3. The molecule has 2 N–H and O–H groups in total. The summed E-state index contributed by atoms with van der Waals surface area (Å²) in [5, 5.41) is 14.6. The van der Waals surface area contributed by atoms with Gasteiger partial charge in [-0.2, -0.15) is 5.11 Å². The van der Waals surface area contributed by atoms with E-state index in [0.717, 1.165) is 29.9 Å². The smallest absolute Gasteiger partial charge is 0.294 e. The van der Waals surface area contributed by atoms with Crippen LogP contribution in [0, 0.1) is 0 Å². The number of hydrogen-bond donors (Lipinski definition) is 2. The highest BCUT2D eigenvalue weighted by molar-refractivity contribution is 5.99. The summed E-state index contributed by atoms with van der Waals surface area (Å²) < 4.78 is 6.95. The molecule has 1 aliphatic heterocycles. The number of fused-ring (bicyclic) bond motifs is 1. The van der Waals surface area contributed by atoms with Crippen molar-refractivity contribution in [3.63, 3.8) is 0 Å². The number of azo groups is 1. The summed E-state index contributed by atoms with van der Waals surface area (Å²) in [4.78, 5) is 25.7. The van der Waals surface area contributed by atoms with E-state index in [2.05, 4.69) is 20.6 Å². The Kier molecular flexibility index (Phi) is 4.74. The molecule has 0 radical (unpaired) electrons. The number of Topliss-reactive ketones (excluding diaryl/α,β-unsaturated/α-hetero) is 1. The van der Waals surface area contributed by atoms with Crippen LogP contribution in [-0.4, -0.2) is 22.7 Å². The third kappa shape index (κ3) is 3.35. The molecule has 1 aliphatic carbocycles. The number of nitrogens with zero attached hydrogens (tertiary/aromatic N) is 3. The van der Waals surface area contributed by atoms with E-state index in [9.17, 15) is 9.59 Å². The van der Waals surface area contributed by atoms with Crippen molar-refractivity contribution < 1.29 is 9.53 Å². The maximum atomic E-state index is 12.9. The van der Waals surface area contributed by atoms with Crippen molar-refractivity contribution in [2.45, 2.75) is 25.3 Å². The van der Waals surface area contributed by atoms with Crippen molar-refractivity contribution in [2.24, 2.45) is 10.2 Å². The van der Waals surface area contributed by atoms with Gasteiger partial charge in [-0.1, -0.05) is 30.3 Å². The van der Waals surface area contributed by atoms with Gasteiger partial charge in [-0.3, -0.25) is 19.4 Å². The number of allylic oxidation sites excluding steroid dienone is 2. The van der Waals surface area contributed by atoms with E-state index in [0.29, 0.717) is 23.5 Å².